The molecule has 3 aromatic rings. The molecule has 0 N–H and O–H groups in total. The number of carbonyl (C=O) groups is 1. The molecular formula is C22H27N5O. The first-order valence-corrected chi connectivity index (χ1v) is 9.81. The van der Waals surface area contributed by atoms with Gasteiger partial charge in [-0.3, -0.25) is 4.79 Å². The third-order valence-corrected chi connectivity index (χ3v) is 5.32. The molecule has 146 valence electrons. The van der Waals surface area contributed by atoms with E-state index in [-0.39, 0.29) is 11.9 Å². The summed E-state index contributed by atoms with van der Waals surface area (Å²) in [4.78, 5) is 22.0. The Morgan fingerprint density at radius 1 is 1.18 bits per heavy atom. The quantitative estimate of drug-likeness (QED) is 0.699. The molecule has 0 spiro atoms. The second-order valence-electron chi connectivity index (χ2n) is 7.97. The van der Waals surface area contributed by atoms with Crippen molar-refractivity contribution >= 4 is 11.6 Å². The van der Waals surface area contributed by atoms with Gasteiger partial charge in [-0.1, -0.05) is 24.3 Å². The molecule has 1 amide bonds. The van der Waals surface area contributed by atoms with Gasteiger partial charge in [0.15, 0.2) is 5.65 Å². The number of amides is 1. The summed E-state index contributed by atoms with van der Waals surface area (Å²) in [7, 11) is 4.14. The molecule has 4 rings (SSSR count). The topological polar surface area (TPSA) is 53.7 Å². The first-order valence-electron chi connectivity index (χ1n) is 9.81. The minimum absolute atomic E-state index is 0.00400. The lowest BCUT2D eigenvalue weighted by Gasteiger charge is -2.25. The monoisotopic (exact) mass is 377 g/mol. The Balaban J connectivity index is 1.60. The van der Waals surface area contributed by atoms with E-state index in [4.69, 9.17) is 0 Å². The molecule has 2 aromatic heterocycles. The van der Waals surface area contributed by atoms with Crippen molar-refractivity contribution in [2.45, 2.75) is 39.3 Å². The van der Waals surface area contributed by atoms with Crippen molar-refractivity contribution in [1.82, 2.24) is 24.4 Å². The minimum atomic E-state index is 0.00400. The number of aromatic nitrogens is 3. The maximum Gasteiger partial charge on any atom is 0.273 e. The van der Waals surface area contributed by atoms with Crippen LogP contribution in [-0.2, 0) is 6.54 Å². The Morgan fingerprint density at radius 3 is 2.64 bits per heavy atom. The summed E-state index contributed by atoms with van der Waals surface area (Å²) in [6, 6.07) is 12.5. The van der Waals surface area contributed by atoms with Gasteiger partial charge in [0.2, 0.25) is 0 Å². The van der Waals surface area contributed by atoms with Crippen LogP contribution in [0.3, 0.4) is 0 Å². The lowest BCUT2D eigenvalue weighted by Crippen LogP contribution is -2.31. The van der Waals surface area contributed by atoms with Gasteiger partial charge in [0, 0.05) is 24.8 Å². The van der Waals surface area contributed by atoms with Gasteiger partial charge in [-0.15, -0.1) is 0 Å². The largest absolute Gasteiger partial charge is 0.330 e. The Hall–Kier alpha value is -2.73. The first-order chi connectivity index (χ1) is 13.4. The number of fused-ring (bicyclic) bond motifs is 1. The SMILES string of the molecule is Cc1cc2nc(C(=O)N3CCC[C@H]3c3ccc(CN(C)C)cc3)cc(C)n2n1. The first kappa shape index (κ1) is 18.6. The van der Waals surface area contributed by atoms with Gasteiger partial charge in [0.05, 0.1) is 11.7 Å². The predicted molar refractivity (Wildman–Crippen MR) is 109 cm³/mol. The molecule has 1 atom stereocenters. The molecule has 28 heavy (non-hydrogen) atoms. The molecule has 0 unspecified atom stereocenters. The van der Waals surface area contributed by atoms with Crippen LogP contribution in [0.25, 0.3) is 5.65 Å². The number of hydrogen-bond acceptors (Lipinski definition) is 4. The number of carbonyl (C=O) groups excluding carboxylic acids is 1. The highest BCUT2D eigenvalue weighted by molar-refractivity contribution is 5.93. The Labute approximate surface area is 165 Å². The maximum atomic E-state index is 13.3. The van der Waals surface area contributed by atoms with Crippen LogP contribution in [0, 0.1) is 13.8 Å². The highest BCUT2D eigenvalue weighted by Gasteiger charge is 2.31. The minimum Gasteiger partial charge on any atom is -0.330 e. The highest BCUT2D eigenvalue weighted by Crippen LogP contribution is 2.33. The van der Waals surface area contributed by atoms with E-state index in [9.17, 15) is 4.79 Å². The predicted octanol–water partition coefficient (Wildman–Crippen LogP) is 3.39. The molecular weight excluding hydrogens is 350 g/mol. The van der Waals surface area contributed by atoms with Crippen LogP contribution in [0.1, 0.15) is 51.9 Å². The Bertz CT molecular complexity index is 1010. The summed E-state index contributed by atoms with van der Waals surface area (Å²) < 4.78 is 1.79. The van der Waals surface area contributed by atoms with E-state index >= 15 is 0 Å². The number of aryl methyl sites for hydroxylation is 2. The zero-order valence-corrected chi connectivity index (χ0v) is 17.0. The van der Waals surface area contributed by atoms with Gasteiger partial charge in [-0.2, -0.15) is 5.10 Å². The molecule has 1 aliphatic rings. The van der Waals surface area contributed by atoms with Crippen molar-refractivity contribution in [1.29, 1.82) is 0 Å². The molecule has 1 aromatic carbocycles. The number of nitrogens with zero attached hydrogens (tertiary/aromatic N) is 5. The molecule has 0 aliphatic carbocycles. The van der Waals surface area contributed by atoms with E-state index in [2.05, 4.69) is 53.3 Å². The smallest absolute Gasteiger partial charge is 0.273 e. The third kappa shape index (κ3) is 3.52. The van der Waals surface area contributed by atoms with Crippen LogP contribution in [-0.4, -0.2) is 50.9 Å². The number of rotatable bonds is 4. The summed E-state index contributed by atoms with van der Waals surface area (Å²) in [5, 5.41) is 4.43. The van der Waals surface area contributed by atoms with Crippen LogP contribution >= 0.6 is 0 Å². The van der Waals surface area contributed by atoms with Crippen molar-refractivity contribution in [3.63, 3.8) is 0 Å². The van der Waals surface area contributed by atoms with E-state index in [1.807, 2.05) is 30.9 Å². The fourth-order valence-electron chi connectivity index (χ4n) is 4.06. The number of hydrogen-bond donors (Lipinski definition) is 0. The molecule has 6 nitrogen and oxygen atoms in total. The van der Waals surface area contributed by atoms with Crippen LogP contribution in [0.4, 0.5) is 0 Å². The second-order valence-corrected chi connectivity index (χ2v) is 7.97. The van der Waals surface area contributed by atoms with Crippen LogP contribution in [0.5, 0.6) is 0 Å². The van der Waals surface area contributed by atoms with Gasteiger partial charge >= 0.3 is 0 Å². The summed E-state index contributed by atoms with van der Waals surface area (Å²) in [5.74, 6) is 0.00400. The molecule has 6 heteroatoms. The zero-order chi connectivity index (χ0) is 19.8. The fourth-order valence-corrected chi connectivity index (χ4v) is 4.06. The van der Waals surface area contributed by atoms with Gasteiger partial charge < -0.3 is 9.80 Å². The van der Waals surface area contributed by atoms with Crippen molar-refractivity contribution < 1.29 is 4.79 Å². The van der Waals surface area contributed by atoms with Crippen molar-refractivity contribution in [2.24, 2.45) is 0 Å². The number of benzene rings is 1. The highest BCUT2D eigenvalue weighted by atomic mass is 16.2. The van der Waals surface area contributed by atoms with Gasteiger partial charge in [-0.25, -0.2) is 9.50 Å². The van der Waals surface area contributed by atoms with Gasteiger partial charge in [-0.05, 0) is 58.0 Å². The standard InChI is InChI=1S/C22H27N5O/c1-15-12-21-23-19(13-16(2)27(21)24-15)22(28)26-11-5-6-20(26)18-9-7-17(8-10-18)14-25(3)4/h7-10,12-13,20H,5-6,11,14H2,1-4H3/t20-/m0/s1. The summed E-state index contributed by atoms with van der Waals surface area (Å²) >= 11 is 0. The van der Waals surface area contributed by atoms with E-state index in [1.165, 1.54) is 11.1 Å². The molecule has 1 saturated heterocycles. The molecule has 0 radical (unpaired) electrons. The van der Waals surface area contributed by atoms with Gasteiger partial charge in [0.1, 0.15) is 5.69 Å². The lowest BCUT2D eigenvalue weighted by atomic mass is 10.0. The second kappa shape index (κ2) is 7.36. The Morgan fingerprint density at radius 2 is 1.93 bits per heavy atom. The molecule has 1 aliphatic heterocycles. The third-order valence-electron chi connectivity index (χ3n) is 5.32. The molecule has 3 heterocycles. The average molecular weight is 377 g/mol. The van der Waals surface area contributed by atoms with E-state index in [1.54, 1.807) is 4.52 Å². The van der Waals surface area contributed by atoms with E-state index in [0.29, 0.717) is 5.69 Å². The van der Waals surface area contributed by atoms with Crippen LogP contribution in [0.15, 0.2) is 36.4 Å². The lowest BCUT2D eigenvalue weighted by molar-refractivity contribution is 0.0729. The molecule has 0 saturated carbocycles. The maximum absolute atomic E-state index is 13.3. The Kier molecular flexibility index (Phi) is 4.89. The average Bonchev–Trinajstić information content (AvgIpc) is 3.27. The molecule has 0 bridgehead atoms. The van der Waals surface area contributed by atoms with Crippen molar-refractivity contribution in [3.05, 3.63) is 64.6 Å². The summed E-state index contributed by atoms with van der Waals surface area (Å²) in [6.45, 7) is 5.59. The van der Waals surface area contributed by atoms with E-state index in [0.717, 1.165) is 43.0 Å². The molecule has 1 fully saturated rings. The van der Waals surface area contributed by atoms with Gasteiger partial charge in [0.25, 0.3) is 5.91 Å². The van der Waals surface area contributed by atoms with Crippen molar-refractivity contribution in [3.8, 4) is 0 Å². The fraction of sp³-hybridized carbons (Fsp3) is 0.409. The summed E-state index contributed by atoms with van der Waals surface area (Å²) in [6.07, 6.45) is 2.01. The normalized spacial score (nSPS) is 17.0. The van der Waals surface area contributed by atoms with E-state index < -0.39 is 0 Å². The van der Waals surface area contributed by atoms with Crippen molar-refractivity contribution in [2.75, 3.05) is 20.6 Å². The summed E-state index contributed by atoms with van der Waals surface area (Å²) in [5.41, 5.74) is 5.53. The zero-order valence-electron chi connectivity index (χ0n) is 17.0. The van der Waals surface area contributed by atoms with Crippen LogP contribution < -0.4 is 0 Å². The number of likely N-dealkylation sites (tertiary alicyclic amines) is 1. The van der Waals surface area contributed by atoms with Crippen LogP contribution in [0.2, 0.25) is 0 Å².